The van der Waals surface area contributed by atoms with Gasteiger partial charge in [-0.05, 0) is 13.8 Å². The van der Waals surface area contributed by atoms with E-state index in [1.165, 1.54) is 0 Å². The van der Waals surface area contributed by atoms with Gasteiger partial charge < -0.3 is 0 Å². The lowest BCUT2D eigenvalue weighted by molar-refractivity contribution is 0.606. The van der Waals surface area contributed by atoms with Crippen LogP contribution >= 0.6 is 46.4 Å². The average Bonchev–Trinajstić information content (AvgIpc) is 2.06. The predicted octanol–water partition coefficient (Wildman–Crippen LogP) is 4.40. The van der Waals surface area contributed by atoms with Crippen LogP contribution in [-0.2, 0) is 0 Å². The van der Waals surface area contributed by atoms with Gasteiger partial charge in [-0.1, -0.05) is 46.4 Å². The highest BCUT2D eigenvalue weighted by molar-refractivity contribution is 6.53. The molecule has 1 aliphatic carbocycles. The molecule has 11 heavy (non-hydrogen) atoms. The van der Waals surface area contributed by atoms with Crippen molar-refractivity contribution in [1.82, 2.24) is 0 Å². The summed E-state index contributed by atoms with van der Waals surface area (Å²) in [6, 6.07) is 0. The molecule has 1 aliphatic rings. The van der Waals surface area contributed by atoms with E-state index < -0.39 is 5.41 Å². The maximum absolute atomic E-state index is 5.88. The Labute approximate surface area is 85.8 Å². The monoisotopic (exact) mass is 230 g/mol. The quantitative estimate of drug-likeness (QED) is 0.580. The zero-order chi connectivity index (χ0) is 8.81. The summed E-state index contributed by atoms with van der Waals surface area (Å²) in [6.07, 6.45) is 0. The summed E-state index contributed by atoms with van der Waals surface area (Å²) >= 11 is 23.3. The third-order valence-electron chi connectivity index (χ3n) is 1.68. The Hall–Kier alpha value is 0.640. The molecule has 0 spiro atoms. The van der Waals surface area contributed by atoms with Gasteiger partial charge in [0, 0.05) is 15.5 Å². The zero-order valence-electron chi connectivity index (χ0n) is 6.01. The predicted molar refractivity (Wildman–Crippen MR) is 51.2 cm³/mol. The molecular weight excluding hydrogens is 226 g/mol. The van der Waals surface area contributed by atoms with Crippen molar-refractivity contribution in [3.63, 3.8) is 0 Å². The van der Waals surface area contributed by atoms with E-state index in [1.807, 2.05) is 13.8 Å². The second-order valence-corrected chi connectivity index (χ2v) is 4.39. The van der Waals surface area contributed by atoms with Crippen LogP contribution in [0.5, 0.6) is 0 Å². The lowest BCUT2D eigenvalue weighted by Crippen LogP contribution is -2.08. The first-order chi connectivity index (χ1) is 4.89. The topological polar surface area (TPSA) is 0 Å². The van der Waals surface area contributed by atoms with Crippen molar-refractivity contribution in [2.75, 3.05) is 0 Å². The summed E-state index contributed by atoms with van der Waals surface area (Å²) in [5.41, 5.74) is -0.419. The van der Waals surface area contributed by atoms with Gasteiger partial charge in [0.1, 0.15) is 0 Å². The number of hydrogen-bond acceptors (Lipinski definition) is 0. The van der Waals surface area contributed by atoms with E-state index in [4.69, 9.17) is 46.4 Å². The van der Waals surface area contributed by atoms with Crippen LogP contribution in [0.2, 0.25) is 0 Å². The number of hydrogen-bond donors (Lipinski definition) is 0. The molecular formula is C7H6Cl4. The molecule has 0 radical (unpaired) electrons. The van der Waals surface area contributed by atoms with E-state index in [9.17, 15) is 0 Å². The van der Waals surface area contributed by atoms with Crippen LogP contribution in [0.4, 0.5) is 0 Å². The van der Waals surface area contributed by atoms with Crippen LogP contribution < -0.4 is 0 Å². The molecule has 0 fully saturated rings. The van der Waals surface area contributed by atoms with Gasteiger partial charge in [0.05, 0.1) is 10.1 Å². The normalized spacial score (nSPS) is 23.5. The fraction of sp³-hybridized carbons (Fsp3) is 0.429. The van der Waals surface area contributed by atoms with E-state index in [0.717, 1.165) is 0 Å². The molecule has 0 unspecified atom stereocenters. The van der Waals surface area contributed by atoms with Gasteiger partial charge in [0.25, 0.3) is 0 Å². The first-order valence-electron chi connectivity index (χ1n) is 3.01. The molecule has 0 amide bonds. The van der Waals surface area contributed by atoms with Crippen molar-refractivity contribution in [3.8, 4) is 0 Å². The highest BCUT2D eigenvalue weighted by Crippen LogP contribution is 2.52. The molecule has 0 aromatic rings. The Balaban J connectivity index is 3.27. The minimum atomic E-state index is -0.419. The van der Waals surface area contributed by atoms with Crippen LogP contribution in [0.25, 0.3) is 0 Å². The highest BCUT2D eigenvalue weighted by atomic mass is 35.5. The largest absolute Gasteiger partial charge is 0.0865 e. The van der Waals surface area contributed by atoms with Crippen LogP contribution in [0.1, 0.15) is 13.8 Å². The molecule has 0 bridgehead atoms. The maximum atomic E-state index is 5.88. The van der Waals surface area contributed by atoms with Gasteiger partial charge in [-0.15, -0.1) is 0 Å². The maximum Gasteiger partial charge on any atom is 0.0758 e. The van der Waals surface area contributed by atoms with Gasteiger partial charge in [-0.2, -0.15) is 0 Å². The Morgan fingerprint density at radius 1 is 0.818 bits per heavy atom. The Bertz CT molecular complexity index is 234. The summed E-state index contributed by atoms with van der Waals surface area (Å²) in [6.45, 7) is 3.74. The first kappa shape index (κ1) is 9.73. The number of halogens is 4. The number of rotatable bonds is 0. The summed E-state index contributed by atoms with van der Waals surface area (Å²) in [7, 11) is 0. The van der Waals surface area contributed by atoms with Crippen molar-refractivity contribution in [2.45, 2.75) is 13.8 Å². The van der Waals surface area contributed by atoms with Crippen molar-refractivity contribution in [3.05, 3.63) is 20.1 Å². The SMILES string of the molecule is CC1(C)C(Cl)=C(Cl)C(Cl)=C1Cl. The Morgan fingerprint density at radius 2 is 1.09 bits per heavy atom. The van der Waals surface area contributed by atoms with Crippen molar-refractivity contribution in [2.24, 2.45) is 5.41 Å². The van der Waals surface area contributed by atoms with Crippen molar-refractivity contribution < 1.29 is 0 Å². The second-order valence-electron chi connectivity index (χ2n) is 2.88. The molecule has 0 aliphatic heterocycles. The zero-order valence-corrected chi connectivity index (χ0v) is 9.04. The van der Waals surface area contributed by atoms with Crippen LogP contribution in [0, 0.1) is 5.41 Å². The van der Waals surface area contributed by atoms with E-state index in [-0.39, 0.29) is 0 Å². The second kappa shape index (κ2) is 2.85. The van der Waals surface area contributed by atoms with Gasteiger partial charge in [0.15, 0.2) is 0 Å². The summed E-state index contributed by atoms with van der Waals surface area (Å²) in [5, 5.41) is 1.75. The average molecular weight is 232 g/mol. The summed E-state index contributed by atoms with van der Waals surface area (Å²) in [4.78, 5) is 0. The van der Waals surface area contributed by atoms with Gasteiger partial charge in [0.2, 0.25) is 0 Å². The Kier molecular flexibility index (Phi) is 2.52. The molecule has 0 aromatic heterocycles. The van der Waals surface area contributed by atoms with Gasteiger partial charge >= 0.3 is 0 Å². The minimum absolute atomic E-state index is 0.364. The number of allylic oxidation sites excluding steroid dienone is 4. The van der Waals surface area contributed by atoms with Crippen molar-refractivity contribution in [1.29, 1.82) is 0 Å². The molecule has 0 aromatic carbocycles. The molecule has 0 atom stereocenters. The highest BCUT2D eigenvalue weighted by Gasteiger charge is 2.37. The van der Waals surface area contributed by atoms with Crippen LogP contribution in [0.15, 0.2) is 20.1 Å². The third-order valence-corrected chi connectivity index (χ3v) is 4.04. The molecule has 1 rings (SSSR count). The lowest BCUT2D eigenvalue weighted by Gasteiger charge is -2.18. The molecule has 0 nitrogen and oxygen atoms in total. The molecule has 0 saturated heterocycles. The first-order valence-corrected chi connectivity index (χ1v) is 4.52. The third kappa shape index (κ3) is 1.31. The smallest absolute Gasteiger partial charge is 0.0758 e. The molecule has 62 valence electrons. The van der Waals surface area contributed by atoms with E-state index >= 15 is 0 Å². The van der Waals surface area contributed by atoms with Gasteiger partial charge in [-0.25, -0.2) is 0 Å². The summed E-state index contributed by atoms with van der Waals surface area (Å²) in [5.74, 6) is 0. The van der Waals surface area contributed by atoms with E-state index in [0.29, 0.717) is 20.1 Å². The molecule has 0 saturated carbocycles. The van der Waals surface area contributed by atoms with E-state index in [2.05, 4.69) is 0 Å². The Morgan fingerprint density at radius 3 is 1.18 bits per heavy atom. The van der Waals surface area contributed by atoms with Gasteiger partial charge in [-0.3, -0.25) is 0 Å². The van der Waals surface area contributed by atoms with E-state index in [1.54, 1.807) is 0 Å². The minimum Gasteiger partial charge on any atom is -0.0865 e. The standard InChI is InChI=1S/C7H6Cl4/c1-7(2)5(10)3(8)4(9)6(7)11/h1-2H3. The lowest BCUT2D eigenvalue weighted by atomic mass is 9.96. The molecule has 0 N–H and O–H groups in total. The van der Waals surface area contributed by atoms with Crippen molar-refractivity contribution >= 4 is 46.4 Å². The molecule has 0 heterocycles. The summed E-state index contributed by atoms with van der Waals surface area (Å²) < 4.78 is 0. The van der Waals surface area contributed by atoms with Crippen LogP contribution in [-0.4, -0.2) is 0 Å². The fourth-order valence-electron chi connectivity index (χ4n) is 0.838. The fourth-order valence-corrected chi connectivity index (χ4v) is 2.02. The molecule has 4 heteroatoms. The van der Waals surface area contributed by atoms with Crippen LogP contribution in [0.3, 0.4) is 0 Å².